The van der Waals surface area contributed by atoms with Crippen LogP contribution in [0.1, 0.15) is 15.9 Å². The molecule has 1 aromatic heterocycles. The minimum atomic E-state index is -0.434. The smallest absolute Gasteiger partial charge is 0.303 e. The van der Waals surface area contributed by atoms with Crippen LogP contribution in [-0.4, -0.2) is 14.9 Å². The Hall–Kier alpha value is -3.47. The fourth-order valence-corrected chi connectivity index (χ4v) is 2.67. The maximum atomic E-state index is 12.3. The quantitative estimate of drug-likeness (QED) is 0.539. The van der Waals surface area contributed by atoms with Crippen molar-refractivity contribution in [1.82, 2.24) is 9.13 Å². The highest BCUT2D eigenvalue weighted by molar-refractivity contribution is 6.07. The molecule has 3 rings (SSSR count). The van der Waals surface area contributed by atoms with Crippen molar-refractivity contribution in [1.29, 1.82) is 0 Å². The number of ketones is 1. The van der Waals surface area contributed by atoms with Crippen LogP contribution in [0.4, 0.5) is 0 Å². The van der Waals surface area contributed by atoms with Gasteiger partial charge in [-0.1, -0.05) is 54.6 Å². The lowest BCUT2D eigenvalue weighted by Crippen LogP contribution is -2.37. The van der Waals surface area contributed by atoms with Gasteiger partial charge >= 0.3 is 5.69 Å². The summed E-state index contributed by atoms with van der Waals surface area (Å²) in [5.41, 5.74) is 2.08. The zero-order chi connectivity index (χ0) is 18.7. The molecule has 0 unspecified atom stereocenters. The van der Waals surface area contributed by atoms with Gasteiger partial charge in [0, 0.05) is 25.9 Å². The van der Waals surface area contributed by atoms with Crippen LogP contribution in [0.3, 0.4) is 0 Å². The molecule has 3 aromatic rings. The molecule has 2 aromatic carbocycles. The summed E-state index contributed by atoms with van der Waals surface area (Å²) in [4.78, 5) is 36.1. The van der Waals surface area contributed by atoms with Gasteiger partial charge in [-0.25, -0.2) is 4.79 Å². The molecule has 0 fully saturated rings. The fourth-order valence-electron chi connectivity index (χ4n) is 2.67. The number of carbonyl (C=O) groups is 1. The van der Waals surface area contributed by atoms with E-state index in [1.54, 1.807) is 19.2 Å². The molecule has 130 valence electrons. The molecule has 1 heterocycles. The maximum absolute atomic E-state index is 12.3. The molecule has 0 bridgehead atoms. The van der Waals surface area contributed by atoms with Crippen molar-refractivity contribution in [2.45, 2.75) is 0 Å². The van der Waals surface area contributed by atoms with Crippen LogP contribution in [0.2, 0.25) is 0 Å². The van der Waals surface area contributed by atoms with Crippen LogP contribution in [0.25, 0.3) is 17.2 Å². The van der Waals surface area contributed by atoms with E-state index >= 15 is 0 Å². The monoisotopic (exact) mass is 346 g/mol. The topological polar surface area (TPSA) is 61.1 Å². The third kappa shape index (κ3) is 3.47. The van der Waals surface area contributed by atoms with Crippen LogP contribution in [0.15, 0.2) is 76.5 Å². The molecule has 0 N–H and O–H groups in total. The Kier molecular flexibility index (Phi) is 4.80. The first kappa shape index (κ1) is 17.4. The van der Waals surface area contributed by atoms with Crippen molar-refractivity contribution in [3.05, 3.63) is 98.8 Å². The highest BCUT2D eigenvalue weighted by Crippen LogP contribution is 2.19. The lowest BCUT2D eigenvalue weighted by Gasteiger charge is -2.04. The second-order valence-electron chi connectivity index (χ2n) is 5.98. The Labute approximate surface area is 150 Å². The van der Waals surface area contributed by atoms with Crippen LogP contribution in [0.5, 0.6) is 0 Å². The molecule has 0 spiro atoms. The lowest BCUT2D eigenvalue weighted by atomic mass is 10.0. The largest absolute Gasteiger partial charge is 0.330 e. The SMILES string of the molecule is Cn1cc(/C=C/C(=O)c2ccc(-c3ccccc3)cc2)c(=O)n(C)c1=O. The van der Waals surface area contributed by atoms with Gasteiger partial charge in [0.2, 0.25) is 0 Å². The van der Waals surface area contributed by atoms with Crippen LogP contribution in [-0.2, 0) is 14.1 Å². The van der Waals surface area contributed by atoms with Crippen LogP contribution < -0.4 is 11.2 Å². The van der Waals surface area contributed by atoms with Gasteiger partial charge in [0.25, 0.3) is 5.56 Å². The zero-order valence-corrected chi connectivity index (χ0v) is 14.5. The van der Waals surface area contributed by atoms with Gasteiger partial charge in [0.05, 0.1) is 5.56 Å². The average Bonchev–Trinajstić information content (AvgIpc) is 2.68. The van der Waals surface area contributed by atoms with E-state index in [0.717, 1.165) is 15.7 Å². The third-order valence-corrected chi connectivity index (χ3v) is 4.16. The first-order chi connectivity index (χ1) is 12.5. The number of benzene rings is 2. The van der Waals surface area contributed by atoms with E-state index in [-0.39, 0.29) is 11.3 Å². The van der Waals surface area contributed by atoms with Gasteiger partial charge in [0.15, 0.2) is 5.78 Å². The lowest BCUT2D eigenvalue weighted by molar-refractivity contribution is 0.104. The Morgan fingerprint density at radius 3 is 2.15 bits per heavy atom. The minimum absolute atomic E-state index is 0.208. The van der Waals surface area contributed by atoms with Gasteiger partial charge < -0.3 is 4.57 Å². The zero-order valence-electron chi connectivity index (χ0n) is 14.5. The van der Waals surface area contributed by atoms with Crippen molar-refractivity contribution in [2.75, 3.05) is 0 Å². The highest BCUT2D eigenvalue weighted by atomic mass is 16.2. The number of hydrogen-bond donors (Lipinski definition) is 0. The number of aryl methyl sites for hydroxylation is 1. The molecule has 0 atom stereocenters. The number of allylic oxidation sites excluding steroid dienone is 1. The normalized spacial score (nSPS) is 11.0. The Morgan fingerprint density at radius 1 is 0.885 bits per heavy atom. The van der Waals surface area contributed by atoms with Crippen molar-refractivity contribution in [2.24, 2.45) is 14.1 Å². The molecule has 5 nitrogen and oxygen atoms in total. The minimum Gasteiger partial charge on any atom is -0.303 e. The molecule has 0 aliphatic carbocycles. The van der Waals surface area contributed by atoms with Gasteiger partial charge in [-0.15, -0.1) is 0 Å². The predicted octanol–water partition coefficient (Wildman–Crippen LogP) is 2.65. The summed E-state index contributed by atoms with van der Waals surface area (Å²) in [7, 11) is 2.97. The van der Waals surface area contributed by atoms with E-state index in [2.05, 4.69) is 0 Å². The molecule has 0 aliphatic heterocycles. The van der Waals surface area contributed by atoms with E-state index in [9.17, 15) is 14.4 Å². The first-order valence-electron chi connectivity index (χ1n) is 8.12. The third-order valence-electron chi connectivity index (χ3n) is 4.16. The molecule has 5 heteroatoms. The van der Waals surface area contributed by atoms with E-state index in [0.29, 0.717) is 5.56 Å². The Morgan fingerprint density at radius 2 is 1.50 bits per heavy atom. The molecular weight excluding hydrogens is 328 g/mol. The number of aromatic nitrogens is 2. The van der Waals surface area contributed by atoms with E-state index in [4.69, 9.17) is 0 Å². The van der Waals surface area contributed by atoms with Crippen molar-refractivity contribution in [3.63, 3.8) is 0 Å². The van der Waals surface area contributed by atoms with E-state index in [1.165, 1.54) is 30.0 Å². The number of rotatable bonds is 4. The standard InChI is InChI=1S/C21H18N2O3/c1-22-14-18(20(25)23(2)21(22)26)12-13-19(24)17-10-8-16(9-11-17)15-6-4-3-5-7-15/h3-14H,1-2H3/b13-12+. The van der Waals surface area contributed by atoms with Crippen molar-refractivity contribution >= 4 is 11.9 Å². The van der Waals surface area contributed by atoms with Crippen molar-refractivity contribution < 1.29 is 4.79 Å². The molecule has 0 radical (unpaired) electrons. The second-order valence-corrected chi connectivity index (χ2v) is 5.98. The molecule has 0 amide bonds. The average molecular weight is 346 g/mol. The number of nitrogens with zero attached hydrogens (tertiary/aromatic N) is 2. The van der Waals surface area contributed by atoms with Crippen molar-refractivity contribution in [3.8, 4) is 11.1 Å². The summed E-state index contributed by atoms with van der Waals surface area (Å²) in [5, 5.41) is 0. The van der Waals surface area contributed by atoms with Crippen LogP contribution in [0, 0.1) is 0 Å². The molecule has 0 aliphatic rings. The van der Waals surface area contributed by atoms with Gasteiger partial charge in [-0.05, 0) is 23.3 Å². The van der Waals surface area contributed by atoms with Gasteiger partial charge in [0.1, 0.15) is 0 Å². The fraction of sp³-hybridized carbons (Fsp3) is 0.0952. The molecular formula is C21H18N2O3. The summed E-state index contributed by atoms with van der Waals surface area (Å²) >= 11 is 0. The number of hydrogen-bond acceptors (Lipinski definition) is 3. The first-order valence-corrected chi connectivity index (χ1v) is 8.12. The van der Waals surface area contributed by atoms with Crippen LogP contribution >= 0.6 is 0 Å². The molecule has 26 heavy (non-hydrogen) atoms. The van der Waals surface area contributed by atoms with Gasteiger partial charge in [-0.2, -0.15) is 0 Å². The Balaban J connectivity index is 1.84. The molecule has 0 saturated carbocycles. The molecule has 0 saturated heterocycles. The maximum Gasteiger partial charge on any atom is 0.330 e. The summed E-state index contributed by atoms with van der Waals surface area (Å²) < 4.78 is 2.32. The highest BCUT2D eigenvalue weighted by Gasteiger charge is 2.06. The predicted molar refractivity (Wildman–Crippen MR) is 102 cm³/mol. The summed E-state index contributed by atoms with van der Waals surface area (Å²) in [6.45, 7) is 0. The van der Waals surface area contributed by atoms with E-state index < -0.39 is 11.2 Å². The van der Waals surface area contributed by atoms with Gasteiger partial charge in [-0.3, -0.25) is 14.2 Å². The summed E-state index contributed by atoms with van der Waals surface area (Å²) in [5.74, 6) is -0.208. The Bertz CT molecular complexity index is 1090. The summed E-state index contributed by atoms with van der Waals surface area (Å²) in [6, 6.07) is 17.2. The second kappa shape index (κ2) is 7.19. The summed E-state index contributed by atoms with van der Waals surface area (Å²) in [6.07, 6.45) is 4.21. The number of carbonyl (C=O) groups excluding carboxylic acids is 1. The van der Waals surface area contributed by atoms with E-state index in [1.807, 2.05) is 42.5 Å².